The molecule has 1 aliphatic heterocycles. The summed E-state index contributed by atoms with van der Waals surface area (Å²) in [5.74, 6) is 2.08. The van der Waals surface area contributed by atoms with E-state index >= 15 is 0 Å². The van der Waals surface area contributed by atoms with Crippen LogP contribution < -0.4 is 5.32 Å². The molecule has 1 aromatic heterocycles. The van der Waals surface area contributed by atoms with Crippen molar-refractivity contribution in [3.63, 3.8) is 0 Å². The van der Waals surface area contributed by atoms with E-state index in [1.54, 1.807) is 6.26 Å². The average Bonchev–Trinajstić information content (AvgIpc) is 3.00. The van der Waals surface area contributed by atoms with Crippen LogP contribution in [0.15, 0.2) is 27.8 Å². The van der Waals surface area contributed by atoms with E-state index in [2.05, 4.69) is 24.1 Å². The first-order valence-electron chi connectivity index (χ1n) is 7.88. The smallest absolute Gasteiger partial charge is 0.194 e. The van der Waals surface area contributed by atoms with E-state index in [0.717, 1.165) is 44.2 Å². The van der Waals surface area contributed by atoms with E-state index in [9.17, 15) is 0 Å². The third kappa shape index (κ3) is 6.28. The quantitative estimate of drug-likeness (QED) is 0.462. The Morgan fingerprint density at radius 3 is 2.76 bits per heavy atom. The first-order chi connectivity index (χ1) is 9.79. The van der Waals surface area contributed by atoms with Gasteiger partial charge in [0.25, 0.3) is 0 Å². The molecule has 0 aliphatic carbocycles. The van der Waals surface area contributed by atoms with Crippen molar-refractivity contribution in [3.8, 4) is 0 Å². The molecule has 0 amide bonds. The molecular formula is C16H28IN3O. The topological polar surface area (TPSA) is 40.8 Å². The Bertz CT molecular complexity index is 400. The van der Waals surface area contributed by atoms with Crippen LogP contribution in [0.1, 0.15) is 45.3 Å². The standard InChI is InChI=1S/C16H27N3O.HI/c1-3-14(2)18-16(19-11-5-4-6-12-19)17-10-9-15-8-7-13-20-15;/h7-8,13-14H,3-6,9-12H2,1-2H3,(H,17,18);1H. The fraction of sp³-hybridized carbons (Fsp3) is 0.688. The number of furan rings is 1. The van der Waals surface area contributed by atoms with E-state index < -0.39 is 0 Å². The highest BCUT2D eigenvalue weighted by Crippen LogP contribution is 2.10. The Morgan fingerprint density at radius 1 is 1.38 bits per heavy atom. The summed E-state index contributed by atoms with van der Waals surface area (Å²) >= 11 is 0. The number of piperidine rings is 1. The molecule has 0 bridgehead atoms. The number of guanidine groups is 1. The molecule has 5 heteroatoms. The van der Waals surface area contributed by atoms with E-state index in [4.69, 9.17) is 9.41 Å². The summed E-state index contributed by atoms with van der Waals surface area (Å²) < 4.78 is 5.36. The van der Waals surface area contributed by atoms with E-state index in [1.165, 1.54) is 19.3 Å². The minimum absolute atomic E-state index is 0. The van der Waals surface area contributed by atoms with Crippen LogP contribution in [0.2, 0.25) is 0 Å². The van der Waals surface area contributed by atoms with Crippen LogP contribution in [0, 0.1) is 0 Å². The third-order valence-electron chi connectivity index (χ3n) is 3.84. The molecule has 2 heterocycles. The van der Waals surface area contributed by atoms with Gasteiger partial charge in [0.15, 0.2) is 5.96 Å². The summed E-state index contributed by atoms with van der Waals surface area (Å²) in [6.07, 6.45) is 7.61. The lowest BCUT2D eigenvalue weighted by Crippen LogP contribution is -2.47. The Morgan fingerprint density at radius 2 is 2.14 bits per heavy atom. The van der Waals surface area contributed by atoms with Gasteiger partial charge >= 0.3 is 0 Å². The fourth-order valence-electron chi connectivity index (χ4n) is 2.39. The van der Waals surface area contributed by atoms with Gasteiger partial charge < -0.3 is 14.6 Å². The normalized spacial score (nSPS) is 17.2. The summed E-state index contributed by atoms with van der Waals surface area (Å²) in [6.45, 7) is 7.45. The monoisotopic (exact) mass is 405 g/mol. The Balaban J connectivity index is 0.00000220. The van der Waals surface area contributed by atoms with Gasteiger partial charge in [-0.3, -0.25) is 4.99 Å². The molecule has 0 saturated carbocycles. The SMILES string of the molecule is CCC(C)NC(=NCCc1ccco1)N1CCCCC1.I. The summed E-state index contributed by atoms with van der Waals surface area (Å²) in [6, 6.07) is 4.42. The molecule has 0 radical (unpaired) electrons. The van der Waals surface area contributed by atoms with Gasteiger partial charge in [0, 0.05) is 32.1 Å². The molecule has 1 fully saturated rings. The van der Waals surface area contributed by atoms with Gasteiger partial charge in [0.05, 0.1) is 6.26 Å². The molecule has 1 aliphatic rings. The highest BCUT2D eigenvalue weighted by molar-refractivity contribution is 14.0. The molecular weight excluding hydrogens is 377 g/mol. The molecule has 0 aromatic carbocycles. The maximum absolute atomic E-state index is 5.36. The molecule has 120 valence electrons. The van der Waals surface area contributed by atoms with Crippen molar-refractivity contribution in [2.75, 3.05) is 19.6 Å². The third-order valence-corrected chi connectivity index (χ3v) is 3.84. The van der Waals surface area contributed by atoms with Gasteiger partial charge in [-0.2, -0.15) is 0 Å². The molecule has 1 aromatic rings. The number of rotatable bonds is 5. The van der Waals surface area contributed by atoms with E-state index in [1.807, 2.05) is 12.1 Å². The van der Waals surface area contributed by atoms with Gasteiger partial charge in [-0.05, 0) is 44.7 Å². The van der Waals surface area contributed by atoms with Gasteiger partial charge in [-0.15, -0.1) is 24.0 Å². The van der Waals surface area contributed by atoms with Crippen molar-refractivity contribution in [2.24, 2.45) is 4.99 Å². The lowest BCUT2D eigenvalue weighted by Gasteiger charge is -2.31. The molecule has 4 nitrogen and oxygen atoms in total. The van der Waals surface area contributed by atoms with Gasteiger partial charge in [-0.1, -0.05) is 6.92 Å². The maximum atomic E-state index is 5.36. The molecule has 1 N–H and O–H groups in total. The Labute approximate surface area is 145 Å². The first-order valence-corrected chi connectivity index (χ1v) is 7.88. The summed E-state index contributed by atoms with van der Waals surface area (Å²) in [7, 11) is 0. The molecule has 21 heavy (non-hydrogen) atoms. The van der Waals surface area contributed by atoms with Crippen molar-refractivity contribution in [2.45, 2.75) is 52.0 Å². The summed E-state index contributed by atoms with van der Waals surface area (Å²) in [5, 5.41) is 3.56. The zero-order valence-corrected chi connectivity index (χ0v) is 15.5. The van der Waals surface area contributed by atoms with Crippen molar-refractivity contribution >= 4 is 29.9 Å². The number of hydrogen-bond donors (Lipinski definition) is 1. The number of nitrogens with one attached hydrogen (secondary N) is 1. The fourth-order valence-corrected chi connectivity index (χ4v) is 2.39. The second-order valence-electron chi connectivity index (χ2n) is 5.54. The Hall–Kier alpha value is -0.720. The van der Waals surface area contributed by atoms with Gasteiger partial charge in [0.1, 0.15) is 5.76 Å². The van der Waals surface area contributed by atoms with Crippen LogP contribution in [0.3, 0.4) is 0 Å². The largest absolute Gasteiger partial charge is 0.469 e. The van der Waals surface area contributed by atoms with E-state index in [0.29, 0.717) is 6.04 Å². The average molecular weight is 405 g/mol. The van der Waals surface area contributed by atoms with Crippen LogP contribution in [0.4, 0.5) is 0 Å². The number of likely N-dealkylation sites (tertiary alicyclic amines) is 1. The lowest BCUT2D eigenvalue weighted by molar-refractivity contribution is 0.327. The van der Waals surface area contributed by atoms with Gasteiger partial charge in [-0.25, -0.2) is 0 Å². The van der Waals surface area contributed by atoms with Crippen LogP contribution >= 0.6 is 24.0 Å². The molecule has 1 saturated heterocycles. The lowest BCUT2D eigenvalue weighted by atomic mass is 10.1. The van der Waals surface area contributed by atoms with Crippen molar-refractivity contribution in [1.29, 1.82) is 0 Å². The molecule has 2 rings (SSSR count). The zero-order valence-electron chi connectivity index (χ0n) is 13.2. The minimum atomic E-state index is 0. The molecule has 0 spiro atoms. The maximum Gasteiger partial charge on any atom is 0.194 e. The van der Waals surface area contributed by atoms with Crippen LogP contribution in [-0.2, 0) is 6.42 Å². The van der Waals surface area contributed by atoms with Crippen molar-refractivity contribution in [1.82, 2.24) is 10.2 Å². The second-order valence-corrected chi connectivity index (χ2v) is 5.54. The van der Waals surface area contributed by atoms with E-state index in [-0.39, 0.29) is 24.0 Å². The number of halogens is 1. The second kappa shape index (κ2) is 10.1. The van der Waals surface area contributed by atoms with Crippen LogP contribution in [0.25, 0.3) is 0 Å². The number of nitrogens with zero attached hydrogens (tertiary/aromatic N) is 2. The predicted molar refractivity (Wildman–Crippen MR) is 98.4 cm³/mol. The predicted octanol–water partition coefficient (Wildman–Crippen LogP) is 3.67. The zero-order chi connectivity index (χ0) is 14.2. The first kappa shape index (κ1) is 18.3. The summed E-state index contributed by atoms with van der Waals surface area (Å²) in [4.78, 5) is 7.18. The highest BCUT2D eigenvalue weighted by Gasteiger charge is 2.15. The van der Waals surface area contributed by atoms with Crippen LogP contribution in [0.5, 0.6) is 0 Å². The molecule has 1 atom stereocenters. The number of aliphatic imine (C=N–C) groups is 1. The molecule has 1 unspecified atom stereocenters. The summed E-state index contributed by atoms with van der Waals surface area (Å²) in [5.41, 5.74) is 0. The number of hydrogen-bond acceptors (Lipinski definition) is 2. The minimum Gasteiger partial charge on any atom is -0.469 e. The van der Waals surface area contributed by atoms with Crippen molar-refractivity contribution in [3.05, 3.63) is 24.2 Å². The highest BCUT2D eigenvalue weighted by atomic mass is 127. The Kier molecular flexibility index (Phi) is 8.80. The van der Waals surface area contributed by atoms with Gasteiger partial charge in [0.2, 0.25) is 0 Å². The van der Waals surface area contributed by atoms with Crippen LogP contribution in [-0.4, -0.2) is 36.5 Å². The van der Waals surface area contributed by atoms with Crippen molar-refractivity contribution < 1.29 is 4.42 Å².